The van der Waals surface area contributed by atoms with Crippen molar-refractivity contribution in [3.8, 4) is 0 Å². The molecule has 1 aliphatic heterocycles. The summed E-state index contributed by atoms with van der Waals surface area (Å²) < 4.78 is 0. The van der Waals surface area contributed by atoms with Crippen LogP contribution in [0.2, 0.25) is 0 Å². The predicted molar refractivity (Wildman–Crippen MR) is 37.4 cm³/mol. The Morgan fingerprint density at radius 2 is 2.40 bits per heavy atom. The molecule has 3 heteroatoms. The molecule has 0 aromatic heterocycles. The van der Waals surface area contributed by atoms with E-state index in [1.807, 2.05) is 0 Å². The normalized spacial score (nSPS) is 33.5. The van der Waals surface area contributed by atoms with E-state index in [-0.39, 0.29) is 12.5 Å². The van der Waals surface area contributed by atoms with Crippen molar-refractivity contribution < 1.29 is 9.90 Å². The van der Waals surface area contributed by atoms with E-state index < -0.39 is 5.41 Å². The van der Waals surface area contributed by atoms with E-state index in [0.717, 1.165) is 13.0 Å². The monoisotopic (exact) mass is 143 g/mol. The van der Waals surface area contributed by atoms with Crippen molar-refractivity contribution in [2.45, 2.75) is 13.3 Å². The number of carbonyl (C=O) groups is 1. The molecule has 0 saturated carbocycles. The molecule has 0 aliphatic carbocycles. The molecule has 1 N–H and O–H groups in total. The van der Waals surface area contributed by atoms with Crippen LogP contribution in [-0.2, 0) is 4.79 Å². The van der Waals surface area contributed by atoms with Gasteiger partial charge in [-0.15, -0.1) is 0 Å². The minimum atomic E-state index is -0.491. The summed E-state index contributed by atoms with van der Waals surface area (Å²) in [5, 5.41) is 8.87. The molecule has 0 unspecified atom stereocenters. The molecule has 0 spiro atoms. The second-order valence-electron chi connectivity index (χ2n) is 3.20. The first-order chi connectivity index (χ1) is 4.60. The largest absolute Gasteiger partial charge is 0.395 e. The van der Waals surface area contributed by atoms with Crippen LogP contribution in [0.3, 0.4) is 0 Å². The highest BCUT2D eigenvalue weighted by Crippen LogP contribution is 2.29. The van der Waals surface area contributed by atoms with Crippen LogP contribution in [0.25, 0.3) is 0 Å². The molecule has 0 aromatic rings. The van der Waals surface area contributed by atoms with E-state index in [0.29, 0.717) is 0 Å². The fourth-order valence-corrected chi connectivity index (χ4v) is 1.23. The molecule has 3 nitrogen and oxygen atoms in total. The van der Waals surface area contributed by atoms with Crippen molar-refractivity contribution in [1.82, 2.24) is 4.90 Å². The predicted octanol–water partition coefficient (Wildman–Crippen LogP) is -0.153. The van der Waals surface area contributed by atoms with Gasteiger partial charge in [-0.3, -0.25) is 4.79 Å². The highest BCUT2D eigenvalue weighted by Gasteiger charge is 2.40. The van der Waals surface area contributed by atoms with Gasteiger partial charge in [0.25, 0.3) is 0 Å². The highest BCUT2D eigenvalue weighted by atomic mass is 16.3. The SMILES string of the molecule is CN1CC[C@](C)(CO)C1=O. The third-order valence-corrected chi connectivity index (χ3v) is 2.21. The number of aliphatic hydroxyl groups is 1. The average Bonchev–Trinajstić information content (AvgIpc) is 2.19. The fourth-order valence-electron chi connectivity index (χ4n) is 1.23. The van der Waals surface area contributed by atoms with E-state index in [1.165, 1.54) is 0 Å². The highest BCUT2D eigenvalue weighted by molar-refractivity contribution is 5.84. The molecule has 1 saturated heterocycles. The Labute approximate surface area is 60.6 Å². The fraction of sp³-hybridized carbons (Fsp3) is 0.857. The number of aliphatic hydroxyl groups excluding tert-OH is 1. The molecule has 58 valence electrons. The van der Waals surface area contributed by atoms with Crippen LogP contribution < -0.4 is 0 Å². The first-order valence-corrected chi connectivity index (χ1v) is 3.46. The van der Waals surface area contributed by atoms with E-state index >= 15 is 0 Å². The summed E-state index contributed by atoms with van der Waals surface area (Å²) in [6.07, 6.45) is 0.777. The third kappa shape index (κ3) is 0.904. The van der Waals surface area contributed by atoms with Crippen LogP contribution in [0.15, 0.2) is 0 Å². The summed E-state index contributed by atoms with van der Waals surface area (Å²) in [5.74, 6) is 0.0648. The first kappa shape index (κ1) is 7.54. The van der Waals surface area contributed by atoms with Crippen LogP contribution in [0.4, 0.5) is 0 Å². The molecular weight excluding hydrogens is 130 g/mol. The van der Waals surface area contributed by atoms with Gasteiger partial charge in [0.15, 0.2) is 0 Å². The van der Waals surface area contributed by atoms with Gasteiger partial charge in [0, 0.05) is 13.6 Å². The van der Waals surface area contributed by atoms with Gasteiger partial charge in [-0.1, -0.05) is 0 Å². The smallest absolute Gasteiger partial charge is 0.230 e. The zero-order valence-corrected chi connectivity index (χ0v) is 6.42. The number of carbonyl (C=O) groups excluding carboxylic acids is 1. The Morgan fingerprint density at radius 1 is 1.80 bits per heavy atom. The molecule has 1 fully saturated rings. The lowest BCUT2D eigenvalue weighted by atomic mass is 9.90. The maximum atomic E-state index is 11.2. The molecule has 1 aliphatic rings. The molecule has 10 heavy (non-hydrogen) atoms. The van der Waals surface area contributed by atoms with Crippen molar-refractivity contribution in [3.05, 3.63) is 0 Å². The van der Waals surface area contributed by atoms with Gasteiger partial charge in [0.2, 0.25) is 5.91 Å². The molecule has 0 aromatic carbocycles. The summed E-state index contributed by atoms with van der Waals surface area (Å²) in [7, 11) is 1.77. The van der Waals surface area contributed by atoms with Crippen LogP contribution >= 0.6 is 0 Å². The Morgan fingerprint density at radius 3 is 2.60 bits per heavy atom. The number of amides is 1. The zero-order chi connectivity index (χ0) is 7.78. The van der Waals surface area contributed by atoms with E-state index in [1.54, 1.807) is 18.9 Å². The van der Waals surface area contributed by atoms with Crippen LogP contribution in [0.1, 0.15) is 13.3 Å². The molecule has 1 rings (SSSR count). The third-order valence-electron chi connectivity index (χ3n) is 2.21. The molecule has 1 heterocycles. The Hall–Kier alpha value is -0.570. The topological polar surface area (TPSA) is 40.5 Å². The second-order valence-corrected chi connectivity index (χ2v) is 3.20. The molecule has 0 bridgehead atoms. The van der Waals surface area contributed by atoms with Crippen molar-refractivity contribution >= 4 is 5.91 Å². The summed E-state index contributed by atoms with van der Waals surface area (Å²) in [6, 6.07) is 0. The lowest BCUT2D eigenvalue weighted by Crippen LogP contribution is -2.32. The van der Waals surface area contributed by atoms with Gasteiger partial charge in [0.1, 0.15) is 0 Å². The summed E-state index contributed by atoms with van der Waals surface area (Å²) >= 11 is 0. The molecule has 0 radical (unpaired) electrons. The molecule has 1 atom stereocenters. The van der Waals surface area contributed by atoms with Crippen LogP contribution in [-0.4, -0.2) is 36.1 Å². The lowest BCUT2D eigenvalue weighted by Gasteiger charge is -2.17. The quantitative estimate of drug-likeness (QED) is 0.554. The van der Waals surface area contributed by atoms with Crippen molar-refractivity contribution in [3.63, 3.8) is 0 Å². The van der Waals surface area contributed by atoms with E-state index in [2.05, 4.69) is 0 Å². The number of hydrogen-bond donors (Lipinski definition) is 1. The van der Waals surface area contributed by atoms with Gasteiger partial charge in [-0.05, 0) is 13.3 Å². The Balaban J connectivity index is 2.73. The minimum Gasteiger partial charge on any atom is -0.395 e. The molecular formula is C7H13NO2. The van der Waals surface area contributed by atoms with Gasteiger partial charge >= 0.3 is 0 Å². The Kier molecular flexibility index (Phi) is 1.68. The van der Waals surface area contributed by atoms with Crippen LogP contribution in [0, 0.1) is 5.41 Å². The number of likely N-dealkylation sites (tertiary alicyclic amines) is 1. The maximum Gasteiger partial charge on any atom is 0.230 e. The van der Waals surface area contributed by atoms with Gasteiger partial charge in [-0.25, -0.2) is 0 Å². The van der Waals surface area contributed by atoms with Crippen molar-refractivity contribution in [2.75, 3.05) is 20.2 Å². The standard InChI is InChI=1S/C7H13NO2/c1-7(5-9)3-4-8(2)6(7)10/h9H,3-5H2,1-2H3/t7-/m1/s1. The Bertz CT molecular complexity index is 158. The van der Waals surface area contributed by atoms with Crippen LogP contribution in [0.5, 0.6) is 0 Å². The van der Waals surface area contributed by atoms with Gasteiger partial charge in [-0.2, -0.15) is 0 Å². The number of hydrogen-bond acceptors (Lipinski definition) is 2. The second kappa shape index (κ2) is 2.23. The van der Waals surface area contributed by atoms with E-state index in [4.69, 9.17) is 5.11 Å². The van der Waals surface area contributed by atoms with Crippen molar-refractivity contribution in [1.29, 1.82) is 0 Å². The number of rotatable bonds is 1. The number of nitrogens with zero attached hydrogens (tertiary/aromatic N) is 1. The van der Waals surface area contributed by atoms with Gasteiger partial charge < -0.3 is 10.0 Å². The maximum absolute atomic E-state index is 11.2. The van der Waals surface area contributed by atoms with Gasteiger partial charge in [0.05, 0.1) is 12.0 Å². The average molecular weight is 143 g/mol. The summed E-state index contributed by atoms with van der Waals surface area (Å²) in [5.41, 5.74) is -0.491. The lowest BCUT2D eigenvalue weighted by molar-refractivity contribution is -0.135. The van der Waals surface area contributed by atoms with Crippen molar-refractivity contribution in [2.24, 2.45) is 5.41 Å². The zero-order valence-electron chi connectivity index (χ0n) is 6.42. The van der Waals surface area contributed by atoms with E-state index in [9.17, 15) is 4.79 Å². The summed E-state index contributed by atoms with van der Waals surface area (Å²) in [4.78, 5) is 12.9. The summed E-state index contributed by atoms with van der Waals surface area (Å²) in [6.45, 7) is 2.55. The molecule has 1 amide bonds. The minimum absolute atomic E-state index is 0.0316. The first-order valence-electron chi connectivity index (χ1n) is 3.46.